The number of halogens is 1. The molecule has 0 N–H and O–H groups in total. The second-order valence-electron chi connectivity index (χ2n) is 6.89. The lowest BCUT2D eigenvalue weighted by Gasteiger charge is -2.26. The molecule has 1 unspecified atom stereocenters. The summed E-state index contributed by atoms with van der Waals surface area (Å²) in [4.78, 5) is 17.1. The van der Waals surface area contributed by atoms with Crippen LogP contribution >= 0.6 is 22.6 Å². The van der Waals surface area contributed by atoms with Crippen molar-refractivity contribution in [1.82, 2.24) is 4.90 Å². The molecule has 1 aliphatic heterocycles. The molecule has 26 heavy (non-hydrogen) atoms. The molecule has 1 atom stereocenters. The van der Waals surface area contributed by atoms with Crippen LogP contribution in [0.15, 0.2) is 48.5 Å². The van der Waals surface area contributed by atoms with Crippen molar-refractivity contribution in [2.24, 2.45) is 0 Å². The van der Waals surface area contributed by atoms with Crippen molar-refractivity contribution in [3.63, 3.8) is 0 Å². The molecule has 2 aromatic carbocycles. The number of hydrogen-bond donors (Lipinski definition) is 0. The SMILES string of the molecule is CN(C)c1ccc(CN(CC2CCCO2)C(=O)c2cccc(I)c2)cc1. The Morgan fingerprint density at radius 1 is 1.19 bits per heavy atom. The lowest BCUT2D eigenvalue weighted by atomic mass is 10.1. The van der Waals surface area contributed by atoms with Crippen LogP contribution in [0.4, 0.5) is 5.69 Å². The van der Waals surface area contributed by atoms with Gasteiger partial charge in [-0.05, 0) is 71.3 Å². The number of benzene rings is 2. The van der Waals surface area contributed by atoms with Gasteiger partial charge in [-0.1, -0.05) is 18.2 Å². The second kappa shape index (κ2) is 8.86. The minimum Gasteiger partial charge on any atom is -0.378 e. The van der Waals surface area contributed by atoms with E-state index in [1.165, 1.54) is 0 Å². The van der Waals surface area contributed by atoms with Gasteiger partial charge in [-0.2, -0.15) is 0 Å². The van der Waals surface area contributed by atoms with Crippen molar-refractivity contribution >= 4 is 34.2 Å². The molecule has 138 valence electrons. The first-order valence-electron chi connectivity index (χ1n) is 8.95. The lowest BCUT2D eigenvalue weighted by molar-refractivity contribution is 0.0507. The van der Waals surface area contributed by atoms with Gasteiger partial charge < -0.3 is 14.5 Å². The van der Waals surface area contributed by atoms with Crippen molar-refractivity contribution in [3.05, 3.63) is 63.2 Å². The highest BCUT2D eigenvalue weighted by atomic mass is 127. The predicted molar refractivity (Wildman–Crippen MR) is 114 cm³/mol. The maximum Gasteiger partial charge on any atom is 0.254 e. The molecular formula is C21H25IN2O2. The minimum atomic E-state index is 0.0655. The van der Waals surface area contributed by atoms with Crippen LogP contribution < -0.4 is 4.90 Å². The molecular weight excluding hydrogens is 439 g/mol. The third kappa shape index (κ3) is 4.98. The molecule has 1 fully saturated rings. The van der Waals surface area contributed by atoms with Crippen LogP contribution in [0.1, 0.15) is 28.8 Å². The van der Waals surface area contributed by atoms with Gasteiger partial charge in [0.15, 0.2) is 0 Å². The number of rotatable bonds is 6. The maximum atomic E-state index is 13.1. The molecule has 0 radical (unpaired) electrons. The van der Waals surface area contributed by atoms with Crippen LogP contribution in [0.3, 0.4) is 0 Å². The minimum absolute atomic E-state index is 0.0655. The molecule has 1 aliphatic rings. The van der Waals surface area contributed by atoms with E-state index < -0.39 is 0 Å². The van der Waals surface area contributed by atoms with Crippen LogP contribution in [0, 0.1) is 3.57 Å². The van der Waals surface area contributed by atoms with Crippen molar-refractivity contribution in [1.29, 1.82) is 0 Å². The van der Waals surface area contributed by atoms with Gasteiger partial charge in [-0.25, -0.2) is 0 Å². The topological polar surface area (TPSA) is 32.8 Å². The number of ether oxygens (including phenoxy) is 1. The van der Waals surface area contributed by atoms with Gasteiger partial charge in [0.1, 0.15) is 0 Å². The summed E-state index contributed by atoms with van der Waals surface area (Å²) in [5.74, 6) is 0.0655. The third-order valence-corrected chi connectivity index (χ3v) is 5.30. The Bertz CT molecular complexity index is 740. The molecule has 0 spiro atoms. The first-order valence-corrected chi connectivity index (χ1v) is 10.0. The van der Waals surface area contributed by atoms with E-state index in [0.29, 0.717) is 13.1 Å². The molecule has 2 aromatic rings. The molecule has 0 saturated carbocycles. The zero-order chi connectivity index (χ0) is 18.5. The smallest absolute Gasteiger partial charge is 0.254 e. The van der Waals surface area contributed by atoms with Crippen LogP contribution in [-0.4, -0.2) is 44.2 Å². The molecule has 1 amide bonds. The molecule has 5 heteroatoms. The highest BCUT2D eigenvalue weighted by Crippen LogP contribution is 2.19. The zero-order valence-corrected chi connectivity index (χ0v) is 17.5. The number of amides is 1. The van der Waals surface area contributed by atoms with Crippen molar-refractivity contribution < 1.29 is 9.53 Å². The third-order valence-electron chi connectivity index (χ3n) is 4.63. The summed E-state index contributed by atoms with van der Waals surface area (Å²) >= 11 is 2.25. The molecule has 0 aromatic heterocycles. The van der Waals surface area contributed by atoms with E-state index in [1.807, 2.05) is 43.3 Å². The fourth-order valence-electron chi connectivity index (χ4n) is 3.18. The zero-order valence-electron chi connectivity index (χ0n) is 15.3. The van der Waals surface area contributed by atoms with Gasteiger partial charge in [-0.3, -0.25) is 4.79 Å². The van der Waals surface area contributed by atoms with Crippen LogP contribution in [-0.2, 0) is 11.3 Å². The fraction of sp³-hybridized carbons (Fsp3) is 0.381. The summed E-state index contributed by atoms with van der Waals surface area (Å²) in [5, 5.41) is 0. The number of anilines is 1. The van der Waals surface area contributed by atoms with E-state index in [0.717, 1.165) is 39.8 Å². The van der Waals surface area contributed by atoms with Crippen LogP contribution in [0.5, 0.6) is 0 Å². The molecule has 0 aliphatic carbocycles. The Morgan fingerprint density at radius 3 is 2.58 bits per heavy atom. The van der Waals surface area contributed by atoms with E-state index >= 15 is 0 Å². The van der Waals surface area contributed by atoms with Crippen molar-refractivity contribution in [3.8, 4) is 0 Å². The summed E-state index contributed by atoms with van der Waals surface area (Å²) < 4.78 is 6.85. The van der Waals surface area contributed by atoms with E-state index in [4.69, 9.17) is 4.74 Å². The Labute approximate surface area is 169 Å². The van der Waals surface area contributed by atoms with Crippen LogP contribution in [0.25, 0.3) is 0 Å². The fourth-order valence-corrected chi connectivity index (χ4v) is 3.72. The van der Waals surface area contributed by atoms with E-state index in [-0.39, 0.29) is 12.0 Å². The molecule has 4 nitrogen and oxygen atoms in total. The highest BCUT2D eigenvalue weighted by Gasteiger charge is 2.23. The number of carbonyl (C=O) groups excluding carboxylic acids is 1. The molecule has 1 heterocycles. The summed E-state index contributed by atoms with van der Waals surface area (Å²) in [6, 6.07) is 16.2. The number of nitrogens with zero attached hydrogens (tertiary/aromatic N) is 2. The summed E-state index contributed by atoms with van der Waals surface area (Å²) in [7, 11) is 4.05. The summed E-state index contributed by atoms with van der Waals surface area (Å²) in [6.45, 7) is 2.03. The second-order valence-corrected chi connectivity index (χ2v) is 8.14. The Morgan fingerprint density at radius 2 is 1.96 bits per heavy atom. The van der Waals surface area contributed by atoms with Gasteiger partial charge in [0.05, 0.1) is 6.10 Å². The number of hydrogen-bond acceptors (Lipinski definition) is 3. The highest BCUT2D eigenvalue weighted by molar-refractivity contribution is 14.1. The normalized spacial score (nSPS) is 16.5. The predicted octanol–water partition coefficient (Wildman–Crippen LogP) is 4.18. The van der Waals surface area contributed by atoms with E-state index in [1.54, 1.807) is 0 Å². The van der Waals surface area contributed by atoms with Crippen molar-refractivity contribution in [2.75, 3.05) is 32.1 Å². The van der Waals surface area contributed by atoms with E-state index in [2.05, 4.69) is 51.8 Å². The van der Waals surface area contributed by atoms with Gasteiger partial charge >= 0.3 is 0 Å². The summed E-state index contributed by atoms with van der Waals surface area (Å²) in [5.41, 5.74) is 3.02. The standard InChI is InChI=1S/C21H25IN2O2/c1-23(2)19-10-8-16(9-11-19)14-24(15-20-7-4-12-26-20)21(25)17-5-3-6-18(22)13-17/h3,5-6,8-11,13,20H,4,7,12,14-15H2,1-2H3. The van der Waals surface area contributed by atoms with Gasteiger partial charge in [0.25, 0.3) is 5.91 Å². The van der Waals surface area contributed by atoms with Crippen molar-refractivity contribution in [2.45, 2.75) is 25.5 Å². The molecule has 3 rings (SSSR count). The van der Waals surface area contributed by atoms with Gasteiger partial charge in [0.2, 0.25) is 0 Å². The average Bonchev–Trinajstić information content (AvgIpc) is 3.14. The quantitative estimate of drug-likeness (QED) is 0.602. The Balaban J connectivity index is 1.79. The first-order chi connectivity index (χ1) is 12.5. The molecule has 0 bridgehead atoms. The Hall–Kier alpha value is -1.60. The monoisotopic (exact) mass is 464 g/mol. The van der Waals surface area contributed by atoms with Crippen LogP contribution in [0.2, 0.25) is 0 Å². The first kappa shape index (κ1) is 19.2. The largest absolute Gasteiger partial charge is 0.378 e. The number of carbonyl (C=O) groups is 1. The van der Waals surface area contributed by atoms with Gasteiger partial charge in [0, 0.05) is 48.6 Å². The average molecular weight is 464 g/mol. The summed E-state index contributed by atoms with van der Waals surface area (Å²) in [6.07, 6.45) is 2.24. The lowest BCUT2D eigenvalue weighted by Crippen LogP contribution is -2.37. The maximum absolute atomic E-state index is 13.1. The molecule has 1 saturated heterocycles. The Kier molecular flexibility index (Phi) is 6.53. The van der Waals surface area contributed by atoms with Gasteiger partial charge in [-0.15, -0.1) is 0 Å². The van der Waals surface area contributed by atoms with E-state index in [9.17, 15) is 4.79 Å².